The third kappa shape index (κ3) is 2.40. The van der Waals surface area contributed by atoms with E-state index in [0.29, 0.717) is 0 Å². The van der Waals surface area contributed by atoms with Crippen LogP contribution < -0.4 is 10.5 Å². The van der Waals surface area contributed by atoms with Gasteiger partial charge in [0.05, 0.1) is 8.07 Å². The Hall–Kier alpha value is -1.20. The maximum absolute atomic E-state index is 5.21. The van der Waals surface area contributed by atoms with Crippen LogP contribution in [0.25, 0.3) is 0 Å². The Bertz CT molecular complexity index is 369. The Labute approximate surface area is 87.6 Å². The predicted molar refractivity (Wildman–Crippen MR) is 66.6 cm³/mol. The number of aryl methyl sites for hydroxylation is 1. The molecule has 14 heavy (non-hydrogen) atoms. The molecule has 1 aromatic carbocycles. The van der Waals surface area contributed by atoms with E-state index in [9.17, 15) is 0 Å². The van der Waals surface area contributed by atoms with Crippen molar-refractivity contribution in [2.24, 2.45) is 0 Å². The Balaban J connectivity index is 3.17. The van der Waals surface area contributed by atoms with Crippen LogP contribution in [-0.4, -0.2) is 8.07 Å². The van der Waals surface area contributed by atoms with E-state index in [4.69, 9.17) is 6.42 Å². The van der Waals surface area contributed by atoms with Crippen LogP contribution in [0.3, 0.4) is 0 Å². The molecular formula is C12H17NSi. The van der Waals surface area contributed by atoms with E-state index in [1.165, 1.54) is 10.8 Å². The molecule has 1 nitrogen and oxygen atoms in total. The van der Waals surface area contributed by atoms with Crippen molar-refractivity contribution in [3.63, 3.8) is 0 Å². The number of hydrogen-bond acceptors (Lipinski definition) is 1. The SMILES string of the molecule is C#CNc1ccc(C)c([Si](C)(C)C)c1. The van der Waals surface area contributed by atoms with E-state index in [1.54, 1.807) is 0 Å². The maximum atomic E-state index is 5.21. The largest absolute Gasteiger partial charge is 0.315 e. The molecule has 0 saturated carbocycles. The second-order valence-corrected chi connectivity index (χ2v) is 9.59. The van der Waals surface area contributed by atoms with Crippen LogP contribution >= 0.6 is 0 Å². The summed E-state index contributed by atoms with van der Waals surface area (Å²) in [6, 6.07) is 8.79. The molecule has 0 heterocycles. The first-order valence-corrected chi connectivity index (χ1v) is 8.28. The van der Waals surface area contributed by atoms with Gasteiger partial charge in [-0.1, -0.05) is 42.9 Å². The Morgan fingerprint density at radius 2 is 1.93 bits per heavy atom. The zero-order valence-electron chi connectivity index (χ0n) is 9.31. The number of benzene rings is 1. The summed E-state index contributed by atoms with van der Waals surface area (Å²) >= 11 is 0. The average molecular weight is 203 g/mol. The zero-order valence-corrected chi connectivity index (χ0v) is 10.3. The van der Waals surface area contributed by atoms with Gasteiger partial charge in [-0.25, -0.2) is 0 Å². The van der Waals surface area contributed by atoms with Gasteiger partial charge < -0.3 is 5.32 Å². The van der Waals surface area contributed by atoms with Gasteiger partial charge in [-0.3, -0.25) is 0 Å². The highest BCUT2D eigenvalue weighted by molar-refractivity contribution is 6.89. The van der Waals surface area contributed by atoms with Gasteiger partial charge in [0, 0.05) is 11.7 Å². The first-order chi connectivity index (χ1) is 6.45. The van der Waals surface area contributed by atoms with E-state index < -0.39 is 8.07 Å². The van der Waals surface area contributed by atoms with Crippen molar-refractivity contribution in [2.75, 3.05) is 5.32 Å². The maximum Gasteiger partial charge on any atom is 0.0780 e. The molecule has 0 spiro atoms. The molecule has 1 N–H and O–H groups in total. The highest BCUT2D eigenvalue weighted by atomic mass is 28.3. The summed E-state index contributed by atoms with van der Waals surface area (Å²) < 4.78 is 0. The van der Waals surface area contributed by atoms with Crippen molar-refractivity contribution >= 4 is 18.9 Å². The minimum absolute atomic E-state index is 1.02. The molecule has 0 radical (unpaired) electrons. The van der Waals surface area contributed by atoms with E-state index in [2.05, 4.69) is 50.1 Å². The third-order valence-electron chi connectivity index (χ3n) is 2.26. The lowest BCUT2D eigenvalue weighted by molar-refractivity contribution is 1.48. The van der Waals surface area contributed by atoms with Gasteiger partial charge in [0.15, 0.2) is 0 Å². The standard InChI is InChI=1S/C12H17NSi/c1-6-13-11-8-7-10(2)12(9-11)14(3,4)5/h1,7-9,13H,2-5H3. The average Bonchev–Trinajstić information content (AvgIpc) is 2.07. The van der Waals surface area contributed by atoms with Crippen LogP contribution in [0.15, 0.2) is 18.2 Å². The topological polar surface area (TPSA) is 12.0 Å². The molecule has 0 saturated heterocycles. The summed E-state index contributed by atoms with van der Waals surface area (Å²) in [7, 11) is -1.25. The molecule has 2 heteroatoms. The lowest BCUT2D eigenvalue weighted by Gasteiger charge is -2.20. The summed E-state index contributed by atoms with van der Waals surface area (Å²) in [6.45, 7) is 9.19. The number of hydrogen-bond donors (Lipinski definition) is 1. The van der Waals surface area contributed by atoms with Gasteiger partial charge in [0.1, 0.15) is 0 Å². The van der Waals surface area contributed by atoms with Gasteiger partial charge in [-0.05, 0) is 19.1 Å². The molecule has 0 bridgehead atoms. The van der Waals surface area contributed by atoms with Crippen LogP contribution in [0.1, 0.15) is 5.56 Å². The van der Waals surface area contributed by atoms with E-state index >= 15 is 0 Å². The lowest BCUT2D eigenvalue weighted by atomic mass is 10.2. The molecule has 1 rings (SSSR count). The minimum atomic E-state index is -1.25. The summed E-state index contributed by atoms with van der Waals surface area (Å²) in [6.07, 6.45) is 5.21. The van der Waals surface area contributed by atoms with Gasteiger partial charge in [-0.2, -0.15) is 0 Å². The van der Waals surface area contributed by atoms with Crippen molar-refractivity contribution in [2.45, 2.75) is 26.6 Å². The fourth-order valence-corrected chi connectivity index (χ4v) is 3.45. The normalized spacial score (nSPS) is 10.8. The van der Waals surface area contributed by atoms with Crippen molar-refractivity contribution in [1.82, 2.24) is 0 Å². The smallest absolute Gasteiger partial charge is 0.0780 e. The molecule has 0 aliphatic heterocycles. The highest BCUT2D eigenvalue weighted by Gasteiger charge is 2.18. The molecule has 0 fully saturated rings. The Morgan fingerprint density at radius 1 is 1.29 bits per heavy atom. The molecule has 0 aromatic heterocycles. The van der Waals surface area contributed by atoms with Gasteiger partial charge in [-0.15, -0.1) is 0 Å². The van der Waals surface area contributed by atoms with E-state index in [-0.39, 0.29) is 0 Å². The van der Waals surface area contributed by atoms with Gasteiger partial charge in [0.25, 0.3) is 0 Å². The molecule has 0 atom stereocenters. The van der Waals surface area contributed by atoms with Gasteiger partial charge >= 0.3 is 0 Å². The van der Waals surface area contributed by atoms with E-state index in [0.717, 1.165) is 5.69 Å². The Morgan fingerprint density at radius 3 is 2.43 bits per heavy atom. The van der Waals surface area contributed by atoms with Crippen molar-refractivity contribution < 1.29 is 0 Å². The fourth-order valence-electron chi connectivity index (χ4n) is 1.59. The van der Waals surface area contributed by atoms with Crippen molar-refractivity contribution in [3.8, 4) is 12.5 Å². The number of rotatable bonds is 2. The van der Waals surface area contributed by atoms with Crippen molar-refractivity contribution in [1.29, 1.82) is 0 Å². The first-order valence-electron chi connectivity index (χ1n) is 4.78. The summed E-state index contributed by atoms with van der Waals surface area (Å²) in [5.41, 5.74) is 2.39. The van der Waals surface area contributed by atoms with Crippen LogP contribution in [0.4, 0.5) is 5.69 Å². The summed E-state index contributed by atoms with van der Waals surface area (Å²) in [4.78, 5) is 0. The second-order valence-electron chi connectivity index (χ2n) is 4.55. The highest BCUT2D eigenvalue weighted by Crippen LogP contribution is 2.12. The monoisotopic (exact) mass is 203 g/mol. The molecule has 74 valence electrons. The predicted octanol–water partition coefficient (Wildman–Crippen LogP) is 2.54. The van der Waals surface area contributed by atoms with Crippen LogP contribution in [0.5, 0.6) is 0 Å². The van der Waals surface area contributed by atoms with E-state index in [1.807, 2.05) is 6.07 Å². The van der Waals surface area contributed by atoms with Crippen LogP contribution in [0, 0.1) is 19.4 Å². The molecule has 0 aliphatic rings. The minimum Gasteiger partial charge on any atom is -0.315 e. The number of nitrogens with one attached hydrogen (secondary N) is 1. The third-order valence-corrected chi connectivity index (χ3v) is 4.42. The van der Waals surface area contributed by atoms with Crippen LogP contribution in [0.2, 0.25) is 19.6 Å². The summed E-state index contributed by atoms with van der Waals surface area (Å²) in [5, 5.41) is 4.37. The quantitative estimate of drug-likeness (QED) is 0.442. The molecule has 0 aliphatic carbocycles. The lowest BCUT2D eigenvalue weighted by Crippen LogP contribution is -2.39. The molecular weight excluding hydrogens is 186 g/mol. The number of anilines is 1. The van der Waals surface area contributed by atoms with Crippen LogP contribution in [-0.2, 0) is 0 Å². The summed E-state index contributed by atoms with van der Waals surface area (Å²) in [5.74, 6) is 0. The Kier molecular flexibility index (Phi) is 3.02. The molecule has 0 amide bonds. The fraction of sp³-hybridized carbons (Fsp3) is 0.333. The second kappa shape index (κ2) is 3.89. The first kappa shape index (κ1) is 10.9. The molecule has 1 aromatic rings. The van der Waals surface area contributed by atoms with Gasteiger partial charge in [0.2, 0.25) is 0 Å². The number of terminal acetylenes is 1. The van der Waals surface area contributed by atoms with Crippen molar-refractivity contribution in [3.05, 3.63) is 23.8 Å². The zero-order chi connectivity index (χ0) is 10.8. The molecule has 0 unspecified atom stereocenters.